The fourth-order valence-corrected chi connectivity index (χ4v) is 3.28. The average molecular weight is 293 g/mol. The van der Waals surface area contributed by atoms with Crippen LogP contribution in [0.2, 0.25) is 0 Å². The van der Waals surface area contributed by atoms with E-state index in [0.29, 0.717) is 0 Å². The van der Waals surface area contributed by atoms with Crippen molar-refractivity contribution in [1.29, 1.82) is 0 Å². The van der Waals surface area contributed by atoms with Crippen molar-refractivity contribution in [3.05, 3.63) is 70.3 Å². The number of nitrogens with zero attached hydrogens (tertiary/aromatic N) is 1. The zero-order valence-electron chi connectivity index (χ0n) is 13.4. The minimum atomic E-state index is 0.128. The molecule has 1 saturated heterocycles. The molecule has 1 aliphatic rings. The van der Waals surface area contributed by atoms with Crippen LogP contribution in [0.25, 0.3) is 0 Å². The quantitative estimate of drug-likeness (QED) is 0.790. The summed E-state index contributed by atoms with van der Waals surface area (Å²) in [5.41, 5.74) is 5.01. The molecule has 0 amide bonds. The van der Waals surface area contributed by atoms with Gasteiger partial charge in [0.05, 0.1) is 0 Å². The van der Waals surface area contributed by atoms with Crippen LogP contribution in [0, 0.1) is 13.8 Å². The van der Waals surface area contributed by atoms with Gasteiger partial charge in [-0.15, -0.1) is 0 Å². The largest absolute Gasteiger partial charge is 0.299 e. The second-order valence-corrected chi connectivity index (χ2v) is 6.28. The van der Waals surface area contributed by atoms with Gasteiger partial charge in [-0.25, -0.2) is 0 Å². The van der Waals surface area contributed by atoms with Gasteiger partial charge in [-0.3, -0.25) is 9.69 Å². The van der Waals surface area contributed by atoms with Crippen molar-refractivity contribution in [2.45, 2.75) is 33.2 Å². The molecule has 1 fully saturated rings. The maximum absolute atomic E-state index is 12.7. The van der Waals surface area contributed by atoms with Crippen LogP contribution >= 0.6 is 0 Å². The van der Waals surface area contributed by atoms with Gasteiger partial charge in [0.25, 0.3) is 0 Å². The second-order valence-electron chi connectivity index (χ2n) is 6.28. The van der Waals surface area contributed by atoms with E-state index in [9.17, 15) is 4.79 Å². The van der Waals surface area contributed by atoms with Gasteiger partial charge in [0.15, 0.2) is 5.78 Å². The minimum absolute atomic E-state index is 0.128. The Morgan fingerprint density at radius 1 is 0.955 bits per heavy atom. The molecule has 2 aromatic carbocycles. The summed E-state index contributed by atoms with van der Waals surface area (Å²) < 4.78 is 0. The van der Waals surface area contributed by atoms with Crippen LogP contribution < -0.4 is 0 Å². The number of likely N-dealkylation sites (tertiary alicyclic amines) is 1. The molecular formula is C20H23NO. The molecule has 0 aliphatic carbocycles. The highest BCUT2D eigenvalue weighted by molar-refractivity contribution is 6.10. The molecule has 0 atom stereocenters. The fraction of sp³-hybridized carbons (Fsp3) is 0.350. The van der Waals surface area contributed by atoms with Crippen LogP contribution in [0.1, 0.15) is 45.5 Å². The van der Waals surface area contributed by atoms with Gasteiger partial charge in [0.2, 0.25) is 0 Å². The SMILES string of the molecule is Cc1cccc(C)c1C(=O)c1ccc(CN2CCCC2)cc1. The van der Waals surface area contributed by atoms with Crippen molar-refractivity contribution in [3.63, 3.8) is 0 Å². The molecule has 2 heteroatoms. The Labute approximate surface area is 132 Å². The molecular weight excluding hydrogens is 270 g/mol. The summed E-state index contributed by atoms with van der Waals surface area (Å²) >= 11 is 0. The summed E-state index contributed by atoms with van der Waals surface area (Å²) in [4.78, 5) is 15.2. The first-order valence-corrected chi connectivity index (χ1v) is 8.07. The highest BCUT2D eigenvalue weighted by atomic mass is 16.1. The van der Waals surface area contributed by atoms with E-state index in [1.807, 2.05) is 44.2 Å². The Bertz CT molecular complexity index is 646. The number of ketones is 1. The molecule has 0 spiro atoms. The van der Waals surface area contributed by atoms with Crippen molar-refractivity contribution < 1.29 is 4.79 Å². The predicted octanol–water partition coefficient (Wildman–Crippen LogP) is 4.13. The average Bonchev–Trinajstić information content (AvgIpc) is 3.00. The molecule has 0 aromatic heterocycles. The van der Waals surface area contributed by atoms with E-state index in [1.54, 1.807) is 0 Å². The van der Waals surface area contributed by atoms with Gasteiger partial charge in [0, 0.05) is 17.7 Å². The number of benzene rings is 2. The summed E-state index contributed by atoms with van der Waals surface area (Å²) in [7, 11) is 0. The van der Waals surface area contributed by atoms with Crippen molar-refractivity contribution >= 4 is 5.78 Å². The molecule has 2 aromatic rings. The molecule has 0 saturated carbocycles. The van der Waals surface area contributed by atoms with Crippen LogP contribution in [0.5, 0.6) is 0 Å². The zero-order valence-corrected chi connectivity index (χ0v) is 13.4. The standard InChI is InChI=1S/C20H23NO/c1-15-6-5-7-16(2)19(15)20(22)18-10-8-17(9-11-18)14-21-12-3-4-13-21/h5-11H,3-4,12-14H2,1-2H3. The third kappa shape index (κ3) is 3.12. The Hall–Kier alpha value is -1.93. The fourth-order valence-electron chi connectivity index (χ4n) is 3.28. The van der Waals surface area contributed by atoms with Gasteiger partial charge >= 0.3 is 0 Å². The maximum atomic E-state index is 12.7. The van der Waals surface area contributed by atoms with Crippen LogP contribution in [0.3, 0.4) is 0 Å². The van der Waals surface area contributed by atoms with E-state index in [1.165, 1.54) is 31.5 Å². The smallest absolute Gasteiger partial charge is 0.193 e. The normalized spacial score (nSPS) is 15.2. The lowest BCUT2D eigenvalue weighted by atomic mass is 9.94. The first-order valence-electron chi connectivity index (χ1n) is 8.07. The summed E-state index contributed by atoms with van der Waals surface area (Å²) in [5.74, 6) is 0.128. The Balaban J connectivity index is 1.78. The third-order valence-electron chi connectivity index (χ3n) is 4.53. The molecule has 114 valence electrons. The molecule has 0 unspecified atom stereocenters. The van der Waals surface area contributed by atoms with Crippen LogP contribution in [-0.2, 0) is 6.54 Å². The van der Waals surface area contributed by atoms with Crippen molar-refractivity contribution in [2.75, 3.05) is 13.1 Å². The number of carbonyl (C=O) groups excluding carboxylic acids is 1. The third-order valence-corrected chi connectivity index (χ3v) is 4.53. The molecule has 1 aliphatic heterocycles. The van der Waals surface area contributed by atoms with Crippen LogP contribution in [-0.4, -0.2) is 23.8 Å². The monoisotopic (exact) mass is 293 g/mol. The maximum Gasteiger partial charge on any atom is 0.193 e. The number of carbonyl (C=O) groups is 1. The van der Waals surface area contributed by atoms with Crippen molar-refractivity contribution in [1.82, 2.24) is 4.90 Å². The molecule has 0 bridgehead atoms. The first-order chi connectivity index (χ1) is 10.6. The summed E-state index contributed by atoms with van der Waals surface area (Å²) in [6, 6.07) is 14.1. The highest BCUT2D eigenvalue weighted by Crippen LogP contribution is 2.19. The predicted molar refractivity (Wildman–Crippen MR) is 90.3 cm³/mol. The van der Waals surface area contributed by atoms with Gasteiger partial charge in [-0.2, -0.15) is 0 Å². The van der Waals surface area contributed by atoms with E-state index < -0.39 is 0 Å². The minimum Gasteiger partial charge on any atom is -0.299 e. The number of aryl methyl sites for hydroxylation is 2. The van der Waals surface area contributed by atoms with Crippen molar-refractivity contribution in [3.8, 4) is 0 Å². The number of hydrogen-bond donors (Lipinski definition) is 0. The Morgan fingerprint density at radius 3 is 2.14 bits per heavy atom. The van der Waals surface area contributed by atoms with E-state index in [0.717, 1.165) is 28.8 Å². The number of hydrogen-bond acceptors (Lipinski definition) is 2. The zero-order chi connectivity index (χ0) is 15.5. The molecule has 22 heavy (non-hydrogen) atoms. The summed E-state index contributed by atoms with van der Waals surface area (Å²) in [6.45, 7) is 7.40. The van der Waals surface area contributed by atoms with Gasteiger partial charge in [-0.1, -0.05) is 42.5 Å². The number of rotatable bonds is 4. The van der Waals surface area contributed by atoms with E-state index in [-0.39, 0.29) is 5.78 Å². The van der Waals surface area contributed by atoms with Crippen molar-refractivity contribution in [2.24, 2.45) is 0 Å². The highest BCUT2D eigenvalue weighted by Gasteiger charge is 2.15. The molecule has 1 heterocycles. The van der Waals surface area contributed by atoms with Gasteiger partial charge < -0.3 is 0 Å². The Kier molecular flexibility index (Phi) is 4.39. The lowest BCUT2D eigenvalue weighted by Gasteiger charge is -2.15. The van der Waals surface area contributed by atoms with E-state index in [4.69, 9.17) is 0 Å². The topological polar surface area (TPSA) is 20.3 Å². The summed E-state index contributed by atoms with van der Waals surface area (Å²) in [5, 5.41) is 0. The van der Waals surface area contributed by atoms with Gasteiger partial charge in [0.1, 0.15) is 0 Å². The summed E-state index contributed by atoms with van der Waals surface area (Å²) in [6.07, 6.45) is 2.62. The van der Waals surface area contributed by atoms with Gasteiger partial charge in [-0.05, 0) is 56.5 Å². The molecule has 0 radical (unpaired) electrons. The Morgan fingerprint density at radius 2 is 1.55 bits per heavy atom. The van der Waals surface area contributed by atoms with E-state index >= 15 is 0 Å². The van der Waals surface area contributed by atoms with E-state index in [2.05, 4.69) is 17.0 Å². The van der Waals surface area contributed by atoms with Crippen LogP contribution in [0.4, 0.5) is 0 Å². The second kappa shape index (κ2) is 6.45. The first kappa shape index (κ1) is 15.0. The molecule has 2 nitrogen and oxygen atoms in total. The lowest BCUT2D eigenvalue weighted by molar-refractivity contribution is 0.103. The molecule has 3 rings (SSSR count). The molecule has 0 N–H and O–H groups in total. The lowest BCUT2D eigenvalue weighted by Crippen LogP contribution is -2.18. The van der Waals surface area contributed by atoms with Crippen LogP contribution in [0.15, 0.2) is 42.5 Å².